The molecule has 1 aliphatic heterocycles. The van der Waals surface area contributed by atoms with Gasteiger partial charge in [0.05, 0.1) is 6.04 Å². The van der Waals surface area contributed by atoms with Crippen LogP contribution >= 0.6 is 11.6 Å². The molecule has 1 saturated heterocycles. The lowest BCUT2D eigenvalue weighted by atomic mass is 10.1. The highest BCUT2D eigenvalue weighted by Gasteiger charge is 2.34. The van der Waals surface area contributed by atoms with Crippen LogP contribution in [0.2, 0.25) is 5.22 Å². The Hall–Kier alpha value is -1.96. The number of hydrogen-bond donors (Lipinski definition) is 0. The maximum absolute atomic E-state index is 12.6. The third kappa shape index (κ3) is 3.36. The van der Waals surface area contributed by atoms with E-state index in [0.29, 0.717) is 25.9 Å². The fourth-order valence-corrected chi connectivity index (χ4v) is 2.76. The molecule has 1 amide bonds. The summed E-state index contributed by atoms with van der Waals surface area (Å²) in [4.78, 5) is 13.8. The van der Waals surface area contributed by atoms with Crippen molar-refractivity contribution >= 4 is 17.5 Å². The van der Waals surface area contributed by atoms with Crippen LogP contribution in [-0.4, -0.2) is 33.7 Å². The van der Waals surface area contributed by atoms with E-state index in [2.05, 4.69) is 5.10 Å². The van der Waals surface area contributed by atoms with E-state index in [1.807, 2.05) is 0 Å². The van der Waals surface area contributed by atoms with Gasteiger partial charge in [0.15, 0.2) is 16.7 Å². The Bertz CT molecular complexity index is 702. The predicted molar refractivity (Wildman–Crippen MR) is 75.1 cm³/mol. The number of likely N-dealkylation sites (tertiary alicyclic amines) is 1. The number of alkyl halides is 3. The molecule has 0 spiro atoms. The highest BCUT2D eigenvalue weighted by molar-refractivity contribution is 6.29. The molecule has 2 aromatic rings. The minimum Gasteiger partial charge on any atom is -0.440 e. The van der Waals surface area contributed by atoms with Crippen LogP contribution in [0, 0.1) is 0 Å². The lowest BCUT2D eigenvalue weighted by Crippen LogP contribution is -2.39. The fourth-order valence-electron chi connectivity index (χ4n) is 2.61. The van der Waals surface area contributed by atoms with Crippen molar-refractivity contribution in [1.29, 1.82) is 0 Å². The van der Waals surface area contributed by atoms with E-state index >= 15 is 0 Å². The Balaban J connectivity index is 1.62. The van der Waals surface area contributed by atoms with Crippen molar-refractivity contribution in [2.24, 2.45) is 0 Å². The van der Waals surface area contributed by atoms with Crippen molar-refractivity contribution in [3.63, 3.8) is 0 Å². The van der Waals surface area contributed by atoms with Crippen LogP contribution in [0.4, 0.5) is 13.2 Å². The number of halogens is 4. The lowest BCUT2D eigenvalue weighted by Gasteiger charge is -2.31. The van der Waals surface area contributed by atoms with E-state index in [9.17, 15) is 18.0 Å². The molecule has 9 heteroatoms. The van der Waals surface area contributed by atoms with E-state index in [1.54, 1.807) is 4.90 Å². The number of carbonyl (C=O) groups excluding carboxylic acids is 1. The molecule has 0 atom stereocenters. The van der Waals surface area contributed by atoms with Crippen molar-refractivity contribution in [2.75, 3.05) is 13.1 Å². The molecule has 0 unspecified atom stereocenters. The van der Waals surface area contributed by atoms with Crippen LogP contribution in [0.3, 0.4) is 0 Å². The molecule has 23 heavy (non-hydrogen) atoms. The fraction of sp³-hybridized carbons (Fsp3) is 0.429. The molecule has 0 radical (unpaired) electrons. The summed E-state index contributed by atoms with van der Waals surface area (Å²) in [7, 11) is 0. The molecule has 0 aliphatic carbocycles. The molecule has 3 heterocycles. The van der Waals surface area contributed by atoms with E-state index in [1.165, 1.54) is 23.0 Å². The second kappa shape index (κ2) is 5.92. The molecule has 1 fully saturated rings. The topological polar surface area (TPSA) is 51.3 Å². The summed E-state index contributed by atoms with van der Waals surface area (Å²) in [6.45, 7) is 0.839. The number of hydrogen-bond acceptors (Lipinski definition) is 3. The first-order valence-corrected chi connectivity index (χ1v) is 7.39. The molecule has 1 aliphatic rings. The summed E-state index contributed by atoms with van der Waals surface area (Å²) in [5.41, 5.74) is -0.902. The van der Waals surface area contributed by atoms with Crippen molar-refractivity contribution in [1.82, 2.24) is 14.7 Å². The number of carbonyl (C=O) groups is 1. The number of furan rings is 1. The smallest absolute Gasteiger partial charge is 0.435 e. The van der Waals surface area contributed by atoms with Crippen LogP contribution < -0.4 is 0 Å². The van der Waals surface area contributed by atoms with Gasteiger partial charge in [0.25, 0.3) is 5.91 Å². The molecule has 0 N–H and O–H groups in total. The number of piperidine rings is 1. The molecule has 124 valence electrons. The summed E-state index contributed by atoms with van der Waals surface area (Å²) < 4.78 is 44.1. The van der Waals surface area contributed by atoms with Crippen LogP contribution in [0.1, 0.15) is 35.1 Å². The van der Waals surface area contributed by atoms with Crippen molar-refractivity contribution in [2.45, 2.75) is 25.1 Å². The summed E-state index contributed by atoms with van der Waals surface area (Å²) in [6.07, 6.45) is -2.06. The number of nitrogens with zero attached hydrogens (tertiary/aromatic N) is 3. The van der Waals surface area contributed by atoms with Crippen molar-refractivity contribution in [3.05, 3.63) is 41.1 Å². The minimum atomic E-state index is -4.44. The highest BCUT2D eigenvalue weighted by atomic mass is 35.5. The van der Waals surface area contributed by atoms with Gasteiger partial charge in [-0.3, -0.25) is 9.48 Å². The van der Waals surface area contributed by atoms with Gasteiger partial charge in [-0.1, -0.05) is 0 Å². The maximum atomic E-state index is 12.6. The maximum Gasteiger partial charge on any atom is 0.435 e. The van der Waals surface area contributed by atoms with Gasteiger partial charge < -0.3 is 9.32 Å². The zero-order valence-electron chi connectivity index (χ0n) is 11.9. The second-order valence-electron chi connectivity index (χ2n) is 5.31. The molecular weight excluding hydrogens is 335 g/mol. The highest BCUT2D eigenvalue weighted by Crippen LogP contribution is 2.30. The molecule has 3 rings (SSSR count). The van der Waals surface area contributed by atoms with Gasteiger partial charge >= 0.3 is 6.18 Å². The molecule has 2 aromatic heterocycles. The van der Waals surface area contributed by atoms with E-state index in [-0.39, 0.29) is 22.9 Å². The van der Waals surface area contributed by atoms with E-state index in [4.69, 9.17) is 16.0 Å². The Morgan fingerprint density at radius 1 is 1.26 bits per heavy atom. The van der Waals surface area contributed by atoms with Crippen LogP contribution in [0.5, 0.6) is 0 Å². The van der Waals surface area contributed by atoms with Crippen molar-refractivity contribution < 1.29 is 22.4 Å². The summed E-state index contributed by atoms with van der Waals surface area (Å²) >= 11 is 5.64. The Morgan fingerprint density at radius 3 is 2.48 bits per heavy atom. The first kappa shape index (κ1) is 15.9. The normalized spacial score (nSPS) is 16.8. The summed E-state index contributed by atoms with van der Waals surface area (Å²) in [5.74, 6) is -0.112. The van der Waals surface area contributed by atoms with Crippen LogP contribution in [0.25, 0.3) is 0 Å². The van der Waals surface area contributed by atoms with Gasteiger partial charge in [-0.05, 0) is 42.6 Å². The quantitative estimate of drug-likeness (QED) is 0.833. The number of amides is 1. The zero-order chi connectivity index (χ0) is 16.6. The Kier molecular flexibility index (Phi) is 4.09. The van der Waals surface area contributed by atoms with Gasteiger partial charge in [-0.25, -0.2) is 0 Å². The molecule has 0 aromatic carbocycles. The largest absolute Gasteiger partial charge is 0.440 e. The third-order valence-electron chi connectivity index (χ3n) is 3.81. The summed E-state index contributed by atoms with van der Waals surface area (Å²) in [6, 6.07) is 3.79. The lowest BCUT2D eigenvalue weighted by molar-refractivity contribution is -0.141. The first-order valence-electron chi connectivity index (χ1n) is 7.01. The first-order chi connectivity index (χ1) is 10.8. The second-order valence-corrected chi connectivity index (χ2v) is 5.68. The van der Waals surface area contributed by atoms with E-state index < -0.39 is 11.9 Å². The third-order valence-corrected chi connectivity index (χ3v) is 4.01. The predicted octanol–water partition coefficient (Wildman–Crippen LogP) is 3.63. The monoisotopic (exact) mass is 347 g/mol. The average molecular weight is 348 g/mol. The molecular formula is C14H13ClF3N3O2. The van der Waals surface area contributed by atoms with Crippen LogP contribution in [0.15, 0.2) is 28.8 Å². The average Bonchev–Trinajstić information content (AvgIpc) is 3.15. The Labute approximate surface area is 134 Å². The number of rotatable bonds is 2. The van der Waals surface area contributed by atoms with Gasteiger partial charge in [0, 0.05) is 19.3 Å². The molecule has 0 bridgehead atoms. The van der Waals surface area contributed by atoms with Crippen LogP contribution in [-0.2, 0) is 6.18 Å². The van der Waals surface area contributed by atoms with Gasteiger partial charge in [-0.2, -0.15) is 18.3 Å². The summed E-state index contributed by atoms with van der Waals surface area (Å²) in [5, 5.41) is 3.73. The van der Waals surface area contributed by atoms with Gasteiger partial charge in [0.1, 0.15) is 0 Å². The standard InChI is InChI=1S/C14H13ClF3N3O2/c15-12-2-1-10(23-12)13(22)20-6-3-9(4-7-20)21-8-5-11(19-21)14(16,17)18/h1-2,5,8-9H,3-4,6-7H2. The van der Waals surface area contributed by atoms with Crippen molar-refractivity contribution in [3.8, 4) is 0 Å². The minimum absolute atomic E-state index is 0.138. The van der Waals surface area contributed by atoms with Gasteiger partial charge in [0.2, 0.25) is 0 Å². The van der Waals surface area contributed by atoms with Gasteiger partial charge in [-0.15, -0.1) is 0 Å². The van der Waals surface area contributed by atoms with E-state index in [0.717, 1.165) is 6.07 Å². The number of aromatic nitrogens is 2. The molecule has 5 nitrogen and oxygen atoms in total. The zero-order valence-corrected chi connectivity index (χ0v) is 12.6. The molecule has 0 saturated carbocycles. The SMILES string of the molecule is O=C(c1ccc(Cl)o1)N1CCC(n2ccc(C(F)(F)F)n2)CC1. The Morgan fingerprint density at radius 2 is 1.96 bits per heavy atom.